The molecule has 2 atom stereocenters. The molecule has 5 nitrogen and oxygen atoms in total. The molecule has 3 aromatic rings. The van der Waals surface area contributed by atoms with E-state index in [-0.39, 0.29) is 11.7 Å². The molecule has 6 heteroatoms. The highest BCUT2D eigenvalue weighted by Gasteiger charge is 2.31. The number of para-hydroxylation sites is 1. The van der Waals surface area contributed by atoms with Crippen LogP contribution in [0.3, 0.4) is 0 Å². The fraction of sp³-hybridized carbons (Fsp3) is 0.231. The molecule has 0 bridgehead atoms. The largest absolute Gasteiger partial charge is 0.480 e. The van der Waals surface area contributed by atoms with E-state index in [0.29, 0.717) is 23.4 Å². The lowest BCUT2D eigenvalue weighted by atomic mass is 9.91. The van der Waals surface area contributed by atoms with Crippen molar-refractivity contribution in [3.8, 4) is 0 Å². The first-order valence-electron chi connectivity index (χ1n) is 10.5. The van der Waals surface area contributed by atoms with Gasteiger partial charge in [-0.3, -0.25) is 14.4 Å². The third-order valence-corrected chi connectivity index (χ3v) is 5.60. The summed E-state index contributed by atoms with van der Waals surface area (Å²) in [5, 5.41) is 10.7. The van der Waals surface area contributed by atoms with Gasteiger partial charge in [-0.05, 0) is 36.1 Å². The summed E-state index contributed by atoms with van der Waals surface area (Å²) in [4.78, 5) is 31.2. The highest BCUT2D eigenvalue weighted by Crippen LogP contribution is 2.28. The van der Waals surface area contributed by atoms with Crippen LogP contribution in [0, 0.1) is 5.92 Å². The summed E-state index contributed by atoms with van der Waals surface area (Å²) in [6.07, 6.45) is 0.434. The molecule has 0 saturated carbocycles. The maximum atomic E-state index is 13.6. The van der Waals surface area contributed by atoms with Gasteiger partial charge in [0.15, 0.2) is 11.9 Å². The number of Topliss-reactive ketones (excluding diaryl/α,β-unsaturated/α-hetero) is 1. The zero-order valence-corrected chi connectivity index (χ0v) is 18.6. The van der Waals surface area contributed by atoms with Crippen LogP contribution in [0.15, 0.2) is 91.0 Å². The first-order chi connectivity index (χ1) is 15.6. The zero-order valence-electron chi connectivity index (χ0n) is 17.7. The molecule has 32 heavy (non-hydrogen) atoms. The Balaban J connectivity index is 1.85. The normalized spacial score (nSPS) is 12.7. The summed E-state index contributed by atoms with van der Waals surface area (Å²) >= 11 is 4.44. The summed E-state index contributed by atoms with van der Waals surface area (Å²) in [6, 6.07) is 28.1. The topological polar surface area (TPSA) is 66.8 Å². The van der Waals surface area contributed by atoms with Gasteiger partial charge in [0.05, 0.1) is 5.69 Å². The average Bonchev–Trinajstić information content (AvgIpc) is 2.83. The number of carbonyl (C=O) groups excluding carboxylic acids is 1. The van der Waals surface area contributed by atoms with Gasteiger partial charge in [-0.2, -0.15) is 12.6 Å². The Bertz CT molecular complexity index is 982. The van der Waals surface area contributed by atoms with Crippen molar-refractivity contribution in [2.24, 2.45) is 5.92 Å². The van der Waals surface area contributed by atoms with Crippen LogP contribution in [0.4, 0.5) is 5.69 Å². The minimum absolute atomic E-state index is 0.117. The van der Waals surface area contributed by atoms with Crippen LogP contribution >= 0.6 is 12.6 Å². The SMILES string of the molecule is O=C(O)CN(OC(C(=O)C(CS)CCc1ccccc1)c1ccccc1)c1ccccc1. The van der Waals surface area contributed by atoms with Crippen molar-refractivity contribution in [1.82, 2.24) is 0 Å². The van der Waals surface area contributed by atoms with Crippen molar-refractivity contribution in [1.29, 1.82) is 0 Å². The van der Waals surface area contributed by atoms with Crippen molar-refractivity contribution in [2.45, 2.75) is 18.9 Å². The van der Waals surface area contributed by atoms with Crippen LogP contribution < -0.4 is 5.06 Å². The lowest BCUT2D eigenvalue weighted by molar-refractivity contribution is -0.142. The molecule has 0 fully saturated rings. The van der Waals surface area contributed by atoms with Gasteiger partial charge >= 0.3 is 5.97 Å². The number of hydrogen-bond acceptors (Lipinski definition) is 5. The van der Waals surface area contributed by atoms with E-state index in [4.69, 9.17) is 4.84 Å². The molecule has 0 spiro atoms. The van der Waals surface area contributed by atoms with E-state index in [0.717, 1.165) is 12.0 Å². The van der Waals surface area contributed by atoms with Crippen LogP contribution in [-0.4, -0.2) is 29.2 Å². The first-order valence-corrected chi connectivity index (χ1v) is 11.2. The number of benzene rings is 3. The number of ketones is 1. The molecular formula is C26H27NO4S. The molecule has 0 aliphatic carbocycles. The molecule has 3 rings (SSSR count). The van der Waals surface area contributed by atoms with E-state index in [1.165, 1.54) is 5.06 Å². The molecule has 0 aromatic heterocycles. The van der Waals surface area contributed by atoms with E-state index < -0.39 is 18.6 Å². The van der Waals surface area contributed by atoms with Gasteiger partial charge < -0.3 is 5.11 Å². The third kappa shape index (κ3) is 6.70. The first kappa shape index (κ1) is 23.6. The number of hydrogen-bond donors (Lipinski definition) is 2. The zero-order chi connectivity index (χ0) is 22.8. The van der Waals surface area contributed by atoms with E-state index in [2.05, 4.69) is 12.6 Å². The van der Waals surface area contributed by atoms with Gasteiger partial charge in [0.2, 0.25) is 0 Å². The number of rotatable bonds is 12. The summed E-state index contributed by atoms with van der Waals surface area (Å²) in [7, 11) is 0. The minimum atomic E-state index is -1.05. The highest BCUT2D eigenvalue weighted by molar-refractivity contribution is 7.80. The standard InChI is InChI=1S/C26H27NO4S/c28-24(29)18-27(23-14-8-3-9-15-23)31-26(21-12-6-2-7-13-21)25(30)22(19-32)17-16-20-10-4-1-5-11-20/h1-15,22,26,32H,16-19H2,(H,28,29). The molecule has 0 amide bonds. The number of thiol groups is 1. The number of carboxylic acid groups (broad SMARTS) is 1. The Morgan fingerprint density at radius 1 is 0.875 bits per heavy atom. The Morgan fingerprint density at radius 2 is 1.44 bits per heavy atom. The number of hydroxylamine groups is 1. The van der Waals surface area contributed by atoms with E-state index in [1.54, 1.807) is 24.3 Å². The highest BCUT2D eigenvalue weighted by atomic mass is 32.1. The predicted molar refractivity (Wildman–Crippen MR) is 129 cm³/mol. The summed E-state index contributed by atoms with van der Waals surface area (Å²) in [5.41, 5.74) is 2.40. The Morgan fingerprint density at radius 3 is 2.00 bits per heavy atom. The van der Waals surface area contributed by atoms with Crippen LogP contribution in [-0.2, 0) is 20.8 Å². The quantitative estimate of drug-likeness (QED) is 0.301. The fourth-order valence-corrected chi connectivity index (χ4v) is 3.82. The molecule has 0 aliphatic heterocycles. The molecule has 0 heterocycles. The smallest absolute Gasteiger partial charge is 0.325 e. The molecule has 0 radical (unpaired) electrons. The second kappa shape index (κ2) is 12.1. The maximum Gasteiger partial charge on any atom is 0.325 e. The van der Waals surface area contributed by atoms with Crippen molar-refractivity contribution in [3.63, 3.8) is 0 Å². The lowest BCUT2D eigenvalue weighted by Crippen LogP contribution is -2.36. The second-order valence-corrected chi connectivity index (χ2v) is 7.83. The van der Waals surface area contributed by atoms with Crippen LogP contribution in [0.5, 0.6) is 0 Å². The van der Waals surface area contributed by atoms with E-state index >= 15 is 0 Å². The minimum Gasteiger partial charge on any atom is -0.480 e. The van der Waals surface area contributed by atoms with E-state index in [1.807, 2.05) is 66.7 Å². The molecule has 0 aliphatic rings. The van der Waals surface area contributed by atoms with Crippen molar-refractivity contribution >= 4 is 30.1 Å². The van der Waals surface area contributed by atoms with Crippen molar-refractivity contribution in [3.05, 3.63) is 102 Å². The number of aryl methyl sites for hydroxylation is 1. The summed E-state index contributed by atoms with van der Waals surface area (Å²) in [6.45, 7) is -0.393. The van der Waals surface area contributed by atoms with Crippen molar-refractivity contribution < 1.29 is 19.5 Å². The maximum absolute atomic E-state index is 13.6. The molecule has 1 N–H and O–H groups in total. The summed E-state index contributed by atoms with van der Waals surface area (Å²) in [5.74, 6) is -1.13. The Kier molecular flexibility index (Phi) is 8.90. The van der Waals surface area contributed by atoms with Crippen LogP contribution in [0.25, 0.3) is 0 Å². The van der Waals surface area contributed by atoms with Gasteiger partial charge in [-0.1, -0.05) is 78.9 Å². The second-order valence-electron chi connectivity index (χ2n) is 7.47. The number of anilines is 1. The van der Waals surface area contributed by atoms with Gasteiger partial charge in [0.25, 0.3) is 0 Å². The van der Waals surface area contributed by atoms with Gasteiger partial charge in [-0.15, -0.1) is 0 Å². The van der Waals surface area contributed by atoms with Crippen molar-refractivity contribution in [2.75, 3.05) is 17.4 Å². The van der Waals surface area contributed by atoms with Crippen LogP contribution in [0.1, 0.15) is 23.7 Å². The number of carbonyl (C=O) groups is 2. The number of aliphatic carboxylic acids is 1. The van der Waals surface area contributed by atoms with Gasteiger partial charge in [0, 0.05) is 11.7 Å². The molecular weight excluding hydrogens is 422 g/mol. The monoisotopic (exact) mass is 449 g/mol. The third-order valence-electron chi connectivity index (χ3n) is 5.16. The van der Waals surface area contributed by atoms with Gasteiger partial charge in [-0.25, -0.2) is 5.06 Å². The molecule has 166 valence electrons. The van der Waals surface area contributed by atoms with E-state index in [9.17, 15) is 14.7 Å². The molecule has 2 unspecified atom stereocenters. The number of nitrogens with zero attached hydrogens (tertiary/aromatic N) is 1. The number of carboxylic acids is 1. The van der Waals surface area contributed by atoms with Crippen LogP contribution in [0.2, 0.25) is 0 Å². The fourth-order valence-electron chi connectivity index (χ4n) is 3.46. The predicted octanol–water partition coefficient (Wildman–Crippen LogP) is 5.00. The lowest BCUT2D eigenvalue weighted by Gasteiger charge is -2.29. The Hall–Kier alpha value is -3.09. The average molecular weight is 450 g/mol. The molecule has 3 aromatic carbocycles. The Labute approximate surface area is 194 Å². The van der Waals surface area contributed by atoms with Gasteiger partial charge in [0.1, 0.15) is 6.54 Å². The summed E-state index contributed by atoms with van der Waals surface area (Å²) < 4.78 is 0. The molecule has 0 saturated heterocycles.